The summed E-state index contributed by atoms with van der Waals surface area (Å²) in [4.78, 5) is 40.1. The number of morpholine rings is 1. The smallest absolute Gasteiger partial charge is 0.379 e. The second-order valence-electron chi connectivity index (χ2n) is 8.45. The highest BCUT2D eigenvalue weighted by Crippen LogP contribution is 2.36. The number of halogens is 5. The Balaban J connectivity index is 1.31. The van der Waals surface area contributed by atoms with Crippen LogP contribution >= 0.6 is 34.5 Å². The van der Waals surface area contributed by atoms with Gasteiger partial charge in [-0.3, -0.25) is 14.5 Å². The number of rotatable bonds is 10. The van der Waals surface area contributed by atoms with Gasteiger partial charge in [0.15, 0.2) is 5.78 Å². The molecule has 1 amide bonds. The summed E-state index contributed by atoms with van der Waals surface area (Å²) in [7, 11) is 0. The average Bonchev–Trinajstić information content (AvgIpc) is 3.39. The molecule has 0 aliphatic carbocycles. The van der Waals surface area contributed by atoms with E-state index in [1.165, 1.54) is 18.6 Å². The van der Waals surface area contributed by atoms with E-state index in [0.717, 1.165) is 43.1 Å². The maximum absolute atomic E-state index is 13.1. The summed E-state index contributed by atoms with van der Waals surface area (Å²) in [5, 5.41) is 5.70. The quantitative estimate of drug-likeness (QED) is 0.310. The monoisotopic (exact) mass is 602 g/mol. The number of ether oxygens (including phenoxy) is 1. The number of nitrogens with zero attached hydrogens (tertiary/aromatic N) is 4. The van der Waals surface area contributed by atoms with Crippen LogP contribution < -0.4 is 10.6 Å². The number of Topliss-reactive ketones (excluding diaryl/α,β-unsaturated/α-hetero) is 1. The first-order valence-electron chi connectivity index (χ1n) is 11.8. The Morgan fingerprint density at radius 3 is 2.64 bits per heavy atom. The molecule has 0 spiro atoms. The molecule has 1 saturated heterocycles. The van der Waals surface area contributed by atoms with Crippen LogP contribution in [-0.4, -0.2) is 70.9 Å². The van der Waals surface area contributed by atoms with Crippen molar-refractivity contribution in [3.8, 4) is 0 Å². The van der Waals surface area contributed by atoms with Gasteiger partial charge in [-0.2, -0.15) is 13.2 Å². The second kappa shape index (κ2) is 13.0. The van der Waals surface area contributed by atoms with Crippen LogP contribution in [-0.2, 0) is 17.3 Å². The molecule has 15 heteroatoms. The molecule has 1 aromatic carbocycles. The highest BCUT2D eigenvalue weighted by molar-refractivity contribution is 7.13. The lowest BCUT2D eigenvalue weighted by molar-refractivity contribution is -0.137. The van der Waals surface area contributed by atoms with Gasteiger partial charge in [0.05, 0.1) is 35.0 Å². The van der Waals surface area contributed by atoms with Gasteiger partial charge in [-0.15, -0.1) is 11.3 Å². The fourth-order valence-corrected chi connectivity index (χ4v) is 5.03. The summed E-state index contributed by atoms with van der Waals surface area (Å²) in [6, 6.07) is 3.10. The fraction of sp³-hybridized carbons (Fsp3) is 0.375. The second-order valence-corrected chi connectivity index (χ2v) is 10.4. The predicted molar refractivity (Wildman–Crippen MR) is 142 cm³/mol. The van der Waals surface area contributed by atoms with E-state index in [-0.39, 0.29) is 39.9 Å². The van der Waals surface area contributed by atoms with Gasteiger partial charge in [0.1, 0.15) is 27.7 Å². The molecule has 0 atom stereocenters. The van der Waals surface area contributed by atoms with Gasteiger partial charge in [0.2, 0.25) is 0 Å². The fourth-order valence-electron chi connectivity index (χ4n) is 3.73. The Labute approximate surface area is 235 Å². The minimum atomic E-state index is -4.66. The Bertz CT molecular complexity index is 1330. The molecule has 2 aromatic heterocycles. The summed E-state index contributed by atoms with van der Waals surface area (Å²) in [5.74, 6) is -0.583. The van der Waals surface area contributed by atoms with E-state index in [1.54, 1.807) is 0 Å². The molecule has 1 aliphatic rings. The molecule has 1 aliphatic heterocycles. The molecule has 0 unspecified atom stereocenters. The first kappa shape index (κ1) is 29.2. The molecular formula is C24H23Cl2F3N6O3S. The molecule has 9 nitrogen and oxygen atoms in total. The van der Waals surface area contributed by atoms with E-state index in [4.69, 9.17) is 27.9 Å². The highest BCUT2D eigenvalue weighted by atomic mass is 35.5. The Morgan fingerprint density at radius 2 is 1.90 bits per heavy atom. The molecule has 0 bridgehead atoms. The number of hydrogen-bond acceptors (Lipinski definition) is 9. The number of benzene rings is 1. The number of nitrogens with one attached hydrogen (secondary N) is 2. The Morgan fingerprint density at radius 1 is 1.13 bits per heavy atom. The van der Waals surface area contributed by atoms with Crippen molar-refractivity contribution >= 4 is 57.7 Å². The van der Waals surface area contributed by atoms with Gasteiger partial charge in [-0.05, 0) is 18.2 Å². The lowest BCUT2D eigenvalue weighted by Crippen LogP contribution is -2.39. The largest absolute Gasteiger partial charge is 0.417 e. The Kier molecular flexibility index (Phi) is 9.72. The number of thiazole rings is 1. The summed E-state index contributed by atoms with van der Waals surface area (Å²) < 4.78 is 44.6. The third-order valence-electron chi connectivity index (χ3n) is 5.75. The van der Waals surface area contributed by atoms with Crippen molar-refractivity contribution in [2.24, 2.45) is 0 Å². The number of carbonyl (C=O) groups excluding carboxylic acids is 2. The number of alkyl halides is 3. The van der Waals surface area contributed by atoms with Crippen LogP contribution in [0.4, 0.5) is 24.7 Å². The number of carbonyl (C=O) groups is 2. The average molecular weight is 603 g/mol. The van der Waals surface area contributed by atoms with Crippen molar-refractivity contribution in [1.29, 1.82) is 0 Å². The Hall–Kier alpha value is -2.84. The number of aryl methyl sites for hydroxylation is 1. The normalized spacial score (nSPS) is 14.3. The molecule has 39 heavy (non-hydrogen) atoms. The third-order valence-corrected chi connectivity index (χ3v) is 7.49. The summed E-state index contributed by atoms with van der Waals surface area (Å²) in [6.07, 6.45) is -1.84. The molecule has 4 rings (SSSR count). The molecule has 1 fully saturated rings. The zero-order valence-corrected chi connectivity index (χ0v) is 22.7. The molecule has 0 radical (unpaired) electrons. The minimum absolute atomic E-state index is 0.0324. The predicted octanol–water partition coefficient (Wildman–Crippen LogP) is 5.07. The van der Waals surface area contributed by atoms with Crippen LogP contribution in [0, 0.1) is 0 Å². The molecular weight excluding hydrogens is 580 g/mol. The molecule has 2 N–H and O–H groups in total. The summed E-state index contributed by atoms with van der Waals surface area (Å²) in [6.45, 7) is 4.45. The van der Waals surface area contributed by atoms with Crippen LogP contribution in [0.5, 0.6) is 0 Å². The third kappa shape index (κ3) is 7.85. The van der Waals surface area contributed by atoms with Crippen LogP contribution in [0.15, 0.2) is 30.7 Å². The highest BCUT2D eigenvalue weighted by Gasteiger charge is 2.33. The number of aromatic nitrogens is 3. The molecule has 3 heterocycles. The summed E-state index contributed by atoms with van der Waals surface area (Å²) >= 11 is 13.0. The number of hydrogen-bond donors (Lipinski definition) is 2. The SMILES string of the molecule is O=C(Nc1ccc(Cl)c(C(F)(F)F)c1)c1cnc(CCC(=O)c2ncnc(NCCN3CCOCC3)c2Cl)s1. The van der Waals surface area contributed by atoms with Crippen molar-refractivity contribution in [2.45, 2.75) is 19.0 Å². The first-order chi connectivity index (χ1) is 18.6. The van der Waals surface area contributed by atoms with Crippen molar-refractivity contribution in [3.05, 3.63) is 61.9 Å². The van der Waals surface area contributed by atoms with Crippen molar-refractivity contribution in [3.63, 3.8) is 0 Å². The van der Waals surface area contributed by atoms with E-state index >= 15 is 0 Å². The van der Waals surface area contributed by atoms with Crippen LogP contribution in [0.2, 0.25) is 10.0 Å². The number of amides is 1. The van der Waals surface area contributed by atoms with Crippen molar-refractivity contribution in [1.82, 2.24) is 19.9 Å². The molecule has 3 aromatic rings. The maximum Gasteiger partial charge on any atom is 0.417 e. The van der Waals surface area contributed by atoms with E-state index < -0.39 is 22.7 Å². The first-order valence-corrected chi connectivity index (χ1v) is 13.4. The van der Waals surface area contributed by atoms with E-state index in [0.29, 0.717) is 30.6 Å². The van der Waals surface area contributed by atoms with Crippen LogP contribution in [0.3, 0.4) is 0 Å². The van der Waals surface area contributed by atoms with Crippen LogP contribution in [0.25, 0.3) is 0 Å². The van der Waals surface area contributed by atoms with Gasteiger partial charge in [-0.1, -0.05) is 23.2 Å². The minimum Gasteiger partial charge on any atom is -0.379 e. The molecule has 0 saturated carbocycles. The number of ketones is 1. The van der Waals surface area contributed by atoms with Gasteiger partial charge >= 0.3 is 6.18 Å². The lowest BCUT2D eigenvalue weighted by atomic mass is 10.1. The summed E-state index contributed by atoms with van der Waals surface area (Å²) in [5.41, 5.74) is -1.03. The van der Waals surface area contributed by atoms with Gasteiger partial charge < -0.3 is 15.4 Å². The maximum atomic E-state index is 13.1. The van der Waals surface area contributed by atoms with E-state index in [9.17, 15) is 22.8 Å². The topological polar surface area (TPSA) is 109 Å². The van der Waals surface area contributed by atoms with E-state index in [1.807, 2.05) is 0 Å². The van der Waals surface area contributed by atoms with Crippen molar-refractivity contribution < 1.29 is 27.5 Å². The van der Waals surface area contributed by atoms with Gasteiger partial charge in [0.25, 0.3) is 5.91 Å². The van der Waals surface area contributed by atoms with Gasteiger partial charge in [0, 0.05) is 44.7 Å². The van der Waals surface area contributed by atoms with E-state index in [2.05, 4.69) is 30.5 Å². The molecule has 208 valence electrons. The zero-order chi connectivity index (χ0) is 28.0. The number of anilines is 2. The zero-order valence-electron chi connectivity index (χ0n) is 20.4. The van der Waals surface area contributed by atoms with Crippen LogP contribution in [0.1, 0.15) is 37.2 Å². The standard InChI is InChI=1S/C24H23Cl2F3N6O3S/c25-16-2-1-14(11-15(16)24(27,28)29)34-23(37)18-12-31-19(39-18)4-3-17(36)21-20(26)22(33-13-32-21)30-5-6-35-7-9-38-10-8-35/h1-2,11-13H,3-10H2,(H,34,37)(H,30,32,33). The van der Waals surface area contributed by atoms with Gasteiger partial charge in [-0.25, -0.2) is 15.0 Å². The van der Waals surface area contributed by atoms with Crippen molar-refractivity contribution in [2.75, 3.05) is 50.0 Å². The lowest BCUT2D eigenvalue weighted by Gasteiger charge is -2.26.